The van der Waals surface area contributed by atoms with Gasteiger partial charge in [0.05, 0.1) is 81.8 Å². The van der Waals surface area contributed by atoms with Gasteiger partial charge in [-0.2, -0.15) is 4.52 Å². The smallest absolute Gasteiger partial charge is 0.246 e. The molecule has 8 amide bonds. The molecule has 9 aromatic heterocycles. The summed E-state index contributed by atoms with van der Waals surface area (Å²) < 4.78 is 48.9. The molecule has 4 aromatic carbocycles. The van der Waals surface area contributed by atoms with Gasteiger partial charge >= 0.3 is 0 Å². The fourth-order valence-corrected chi connectivity index (χ4v) is 26.3. The molecule has 41 heteroatoms. The topological polar surface area (TPSA) is 398 Å². The number of nitrogens with one attached hydrogen (secondary N) is 8. The first-order valence-electron chi connectivity index (χ1n) is 52.5. The normalized spacial score (nSPS) is 20.2. The van der Waals surface area contributed by atoms with Crippen molar-refractivity contribution in [1.82, 2.24) is 116 Å². The maximum atomic E-state index is 14.4. The van der Waals surface area contributed by atoms with Crippen LogP contribution in [0, 0.1) is 36.4 Å². The van der Waals surface area contributed by atoms with Crippen LogP contribution in [0.5, 0.6) is 0 Å². The zero-order valence-corrected chi connectivity index (χ0v) is 90.6. The van der Waals surface area contributed by atoms with Gasteiger partial charge in [-0.15, -0.1) is 50.4 Å². The molecule has 150 heavy (non-hydrogen) atoms. The van der Waals surface area contributed by atoms with Crippen LogP contribution in [0.4, 0.5) is 8.78 Å². The summed E-state index contributed by atoms with van der Waals surface area (Å²) in [5.74, 6) is -1.19. The summed E-state index contributed by atoms with van der Waals surface area (Å²) >= 11 is 9.78. The van der Waals surface area contributed by atoms with Crippen LogP contribution in [0.2, 0.25) is 0 Å². The molecule has 8 N–H and O–H groups in total. The number of likely N-dealkylation sites (tertiary alicyclic amines) is 4. The molecule has 13 aromatic rings. The average molecular weight is 2190 g/mol. The molecule has 8 fully saturated rings. The monoisotopic (exact) mass is 2180 g/mol. The molecule has 0 spiro atoms. The number of hydrogen-bond acceptors (Lipinski definition) is 28. The lowest BCUT2D eigenvalue weighted by atomic mass is 9.83. The Labute approximate surface area is 894 Å². The van der Waals surface area contributed by atoms with E-state index < -0.39 is 42.8 Å². The summed E-state index contributed by atoms with van der Waals surface area (Å²) in [5, 5.41) is 51.0. The first-order valence-corrected chi connectivity index (χ1v) is 56.8. The third-order valence-corrected chi connectivity index (χ3v) is 35.0. The van der Waals surface area contributed by atoms with Crippen molar-refractivity contribution < 1.29 is 61.3 Å². The minimum Gasteiger partial charge on any atom is -0.381 e. The highest BCUT2D eigenvalue weighted by atomic mass is 79.9. The SMILES string of the molecule is CNC(CF)C(=O)N[C@H](C(=O)N1CCC[C@H]1c1nc(-c2ccc(F)c3ccccc23)cs1)C1CCOCC1.CN[C@@H](C)C(=O)N[C@H](C(=O)N1CCC[C@H]1c1nc(-c2c(C)nc3ccccn23)cs1)C1CCCCC1.CN[C@@H](C)C(=O)N[C@H](C(=O)N1CCC[C@H]1c1nc(-c2cc(Br)nc3ccccc23)cs1)C1CCOCC1.CN[C@@H](C)C(=O)N[C@H](C(=O)N1CCC[C@H]1c1nc(-c2cc3nnnn3c3ccccc23)cs1)C1CCOCC1. The number of thiazole rings is 4. The number of para-hydroxylation sites is 2. The summed E-state index contributed by atoms with van der Waals surface area (Å²) in [7, 11) is 6.78. The summed E-state index contributed by atoms with van der Waals surface area (Å²) in [4.78, 5) is 144. The van der Waals surface area contributed by atoms with E-state index in [0.717, 1.165) is 211 Å². The fourth-order valence-electron chi connectivity index (χ4n) is 22.0. The fraction of sp³-hybridized carbons (Fsp3) is 0.495. The molecule has 34 nitrogen and oxygen atoms in total. The number of amides is 8. The molecule has 7 aliphatic heterocycles. The number of benzene rings is 4. The first-order chi connectivity index (χ1) is 73.0. The van der Waals surface area contributed by atoms with E-state index in [-0.39, 0.29) is 113 Å². The predicted octanol–water partition coefficient (Wildman–Crippen LogP) is 15.2. The number of carbonyl (C=O) groups excluding carboxylic acids is 8. The van der Waals surface area contributed by atoms with E-state index in [4.69, 9.17) is 34.1 Å². The van der Waals surface area contributed by atoms with Crippen LogP contribution >= 0.6 is 61.3 Å². The van der Waals surface area contributed by atoms with Gasteiger partial charge in [-0.1, -0.05) is 86.0 Å². The van der Waals surface area contributed by atoms with Crippen LogP contribution in [-0.2, 0) is 52.6 Å². The summed E-state index contributed by atoms with van der Waals surface area (Å²) in [6.07, 6.45) is 18.7. The molecule has 1 unspecified atom stereocenters. The highest BCUT2D eigenvalue weighted by molar-refractivity contribution is 9.10. The number of rotatable bonds is 29. The highest BCUT2D eigenvalue weighted by Gasteiger charge is 2.47. The maximum absolute atomic E-state index is 14.4. The first kappa shape index (κ1) is 108. The molecule has 16 heterocycles. The zero-order chi connectivity index (χ0) is 105. The van der Waals surface area contributed by atoms with Gasteiger partial charge in [-0.05, 0) is 263 Å². The number of aryl methyl sites for hydroxylation is 1. The van der Waals surface area contributed by atoms with Crippen LogP contribution in [0.25, 0.3) is 89.0 Å². The minimum atomic E-state index is -1.01. The van der Waals surface area contributed by atoms with Gasteiger partial charge in [0.15, 0.2) is 5.65 Å². The minimum absolute atomic E-state index is 0.0140. The number of hydrogen-bond donors (Lipinski definition) is 8. The van der Waals surface area contributed by atoms with E-state index in [1.54, 1.807) is 85.6 Å². The van der Waals surface area contributed by atoms with Crippen molar-refractivity contribution in [1.29, 1.82) is 0 Å². The van der Waals surface area contributed by atoms with Crippen molar-refractivity contribution in [2.24, 2.45) is 23.7 Å². The Kier molecular flexibility index (Phi) is 36.3. The number of halogens is 3. The Hall–Kier alpha value is -11.6. The van der Waals surface area contributed by atoms with Crippen molar-refractivity contribution in [2.75, 3.05) is 101 Å². The van der Waals surface area contributed by atoms with E-state index in [2.05, 4.69) is 105 Å². The molecule has 8 aliphatic rings. The highest BCUT2D eigenvalue weighted by Crippen LogP contribution is 2.46. The third-order valence-electron chi connectivity index (χ3n) is 30.8. The number of aromatic nitrogens is 11. The molecule has 1 saturated carbocycles. The number of ether oxygens (including phenoxy) is 3. The molecule has 21 rings (SSSR count). The van der Waals surface area contributed by atoms with Gasteiger partial charge in [0, 0.05) is 126 Å². The number of tetrazole rings is 1. The lowest BCUT2D eigenvalue weighted by molar-refractivity contribution is -0.140. The van der Waals surface area contributed by atoms with Crippen LogP contribution in [0.1, 0.15) is 193 Å². The quantitative estimate of drug-likeness (QED) is 0.0202. The second-order valence-electron chi connectivity index (χ2n) is 39.9. The Morgan fingerprint density at radius 2 is 0.813 bits per heavy atom. The van der Waals surface area contributed by atoms with E-state index in [0.29, 0.717) is 89.7 Å². The van der Waals surface area contributed by atoms with Crippen LogP contribution in [0.3, 0.4) is 0 Å². The molecule has 0 radical (unpaired) electrons. The third kappa shape index (κ3) is 24.2. The summed E-state index contributed by atoms with van der Waals surface area (Å²) in [6.45, 7) is 12.6. The molecule has 794 valence electrons. The molecular weight excluding hydrogens is 2050 g/mol. The maximum Gasteiger partial charge on any atom is 0.246 e. The second kappa shape index (κ2) is 50.3. The van der Waals surface area contributed by atoms with Gasteiger partial charge in [0.25, 0.3) is 0 Å². The van der Waals surface area contributed by atoms with E-state index in [1.165, 1.54) is 30.9 Å². The molecule has 0 bridgehead atoms. The van der Waals surface area contributed by atoms with Gasteiger partial charge < -0.3 is 76.3 Å². The van der Waals surface area contributed by atoms with Crippen LogP contribution < -0.4 is 42.5 Å². The largest absolute Gasteiger partial charge is 0.381 e. The molecule has 1 aliphatic carbocycles. The van der Waals surface area contributed by atoms with Gasteiger partial charge in [-0.3, -0.25) is 42.8 Å². The number of nitrogens with zero attached hydrogens (tertiary/aromatic N) is 15. The summed E-state index contributed by atoms with van der Waals surface area (Å²) in [6, 6.07) is 31.5. The van der Waals surface area contributed by atoms with E-state index in [9.17, 15) is 47.1 Å². The van der Waals surface area contributed by atoms with Crippen molar-refractivity contribution in [2.45, 2.75) is 222 Å². The standard InChI is InChI=1S/C28H32F2N4O3S.C27H32BrN5O3S.C27H32N8O3S.C27H36N6O2S/c1-31-22(15-29)26(35)33-25(17-10-13-37-14-11-17)28(36)34-12-4-7-24(34)27-32-23(16-38-27)20-8-9-21(30)19-6-3-2-5-18(19)20;1-16(29-2)25(34)32-24(17-9-12-36-13-10-17)27(35)33-11-5-8-22(33)26-31-21(15-37-26)19-14-23(28)30-20-7-4-3-6-18(19)20;1-16(28-2)25(36)30-24(17-9-12-38-13-10-17)27(37)34-11-5-8-22(34)26-29-20(15-39-26)19-14-23-31-32-33-35(23)21-7-4-3-6-18(19)21;1-17-24(33-14-8-7-13-22(33)29-17)20-16-36-26(30-20)21-12-9-15-32(21)27(35)23(19-10-5-4-6-11-19)31-25(34)18(2)28-3/h2-3,5-6,8-9,16-17,22,24-25,31H,4,7,10-15H2,1H3,(H,33,35);3-4,6-7,14-17,22,24,29H,5,8-13H2,1-2H3,(H,32,34);3-4,6-7,14-17,22,24,28H,5,8-13H2,1-2H3,(H,30,36);7-8,13-14,16,18-19,21,23,28H,4-6,9-12,15H2,1-3H3,(H,31,34)/t22?,24-,25-;2*16-,22-,24-;18-,21-,23-/m0000/s1. The van der Waals surface area contributed by atoms with Crippen LogP contribution in [-0.4, -0.2) is 270 Å². The lowest BCUT2D eigenvalue weighted by Crippen LogP contribution is -2.57. The lowest BCUT2D eigenvalue weighted by Gasteiger charge is -2.35. The van der Waals surface area contributed by atoms with E-state index >= 15 is 0 Å². The van der Waals surface area contributed by atoms with Gasteiger partial charge in [-0.25, -0.2) is 38.7 Å². The van der Waals surface area contributed by atoms with E-state index in [1.807, 2.05) is 141 Å². The number of pyridine rings is 3. The summed E-state index contributed by atoms with van der Waals surface area (Å²) in [5.41, 5.74) is 11.5. The average Bonchev–Trinajstić information content (AvgIpc) is 1.64. The molecular formula is C109H132BrF2N23O11S4. The van der Waals surface area contributed by atoms with Crippen molar-refractivity contribution >= 4 is 152 Å². The Balaban J connectivity index is 0.000000131. The number of likely N-dealkylation sites (N-methyl/N-ethyl adjacent to an activating group) is 4. The van der Waals surface area contributed by atoms with Gasteiger partial charge in [0.2, 0.25) is 47.3 Å². The molecule has 7 saturated heterocycles. The predicted molar refractivity (Wildman–Crippen MR) is 580 cm³/mol. The van der Waals surface area contributed by atoms with Crippen molar-refractivity contribution in [3.8, 4) is 45.2 Å². The second-order valence-corrected chi connectivity index (χ2v) is 44.3. The zero-order valence-electron chi connectivity index (χ0n) is 85.8. The number of fused-ring (bicyclic) bond motifs is 6. The number of imidazole rings is 1. The van der Waals surface area contributed by atoms with Crippen molar-refractivity contribution in [3.05, 3.63) is 179 Å². The van der Waals surface area contributed by atoms with Gasteiger partial charge in [0.1, 0.15) is 78.7 Å². The Bertz CT molecular complexity index is 6920. The molecule has 12 atom stereocenters. The number of alkyl halides is 1. The number of carbonyl (C=O) groups is 8. The van der Waals surface area contributed by atoms with Crippen molar-refractivity contribution in [3.63, 3.8) is 0 Å². The van der Waals surface area contributed by atoms with Crippen LogP contribution in [0.15, 0.2) is 148 Å². The Morgan fingerprint density at radius 3 is 1.27 bits per heavy atom. The Morgan fingerprint density at radius 1 is 0.413 bits per heavy atom.